The molecule has 0 bridgehead atoms. The molecule has 0 unspecified atom stereocenters. The number of carbonyl (C=O) groups is 5. The van der Waals surface area contributed by atoms with E-state index >= 15 is 0 Å². The largest absolute Gasteiger partial charge is 0.481 e. The molecule has 0 spiro atoms. The Labute approximate surface area is 180 Å². The van der Waals surface area contributed by atoms with Crippen molar-refractivity contribution in [2.24, 2.45) is 11.7 Å². The van der Waals surface area contributed by atoms with Gasteiger partial charge in [-0.1, -0.05) is 20.3 Å². The highest BCUT2D eigenvalue weighted by atomic mass is 16.4. The Hall–Kier alpha value is -2.73. The van der Waals surface area contributed by atoms with Crippen molar-refractivity contribution in [3.63, 3.8) is 0 Å². The van der Waals surface area contributed by atoms with Gasteiger partial charge in [-0.15, -0.1) is 0 Å². The molecule has 1 aliphatic heterocycles. The maximum absolute atomic E-state index is 12.8. The normalized spacial score (nSPS) is 20.8. The Bertz CT molecular complexity index is 698. The second-order valence-electron chi connectivity index (χ2n) is 7.83. The molecule has 12 heteroatoms. The molecule has 6 atom stereocenters. The molecular weight excluding hydrogens is 412 g/mol. The molecule has 1 heterocycles. The number of nitrogens with zero attached hydrogens (tertiary/aromatic N) is 1. The van der Waals surface area contributed by atoms with Gasteiger partial charge >= 0.3 is 11.9 Å². The smallest absolute Gasteiger partial charge is 0.326 e. The van der Waals surface area contributed by atoms with E-state index in [0.29, 0.717) is 12.8 Å². The second kappa shape index (κ2) is 11.6. The SMILES string of the molecule is CC[C@H](C)[C@H](NC(=O)[C@@H](NC(=O)[C@@H]1CCCN1C(=O)[C@@H](N)CC(=O)O)[C@@H](C)O)C(=O)O. The summed E-state index contributed by atoms with van der Waals surface area (Å²) in [6.07, 6.45) is -0.691. The summed E-state index contributed by atoms with van der Waals surface area (Å²) in [5, 5.41) is 32.9. The van der Waals surface area contributed by atoms with Crippen molar-refractivity contribution in [2.75, 3.05) is 6.54 Å². The first-order chi connectivity index (χ1) is 14.4. The van der Waals surface area contributed by atoms with E-state index < -0.39 is 66.4 Å². The molecule has 1 aliphatic rings. The Balaban J connectivity index is 2.91. The molecule has 7 N–H and O–H groups in total. The lowest BCUT2D eigenvalue weighted by atomic mass is 9.98. The Kier molecular flexibility index (Phi) is 9.85. The minimum absolute atomic E-state index is 0.199. The topological polar surface area (TPSA) is 199 Å². The number of hydrogen-bond acceptors (Lipinski definition) is 7. The van der Waals surface area contributed by atoms with Crippen LogP contribution in [0.15, 0.2) is 0 Å². The molecule has 12 nitrogen and oxygen atoms in total. The van der Waals surface area contributed by atoms with Crippen LogP contribution in [0.4, 0.5) is 0 Å². The van der Waals surface area contributed by atoms with E-state index in [2.05, 4.69) is 10.6 Å². The third-order valence-corrected chi connectivity index (χ3v) is 5.39. The number of hydrogen-bond donors (Lipinski definition) is 6. The van der Waals surface area contributed by atoms with Crippen LogP contribution < -0.4 is 16.4 Å². The van der Waals surface area contributed by atoms with Crippen LogP contribution in [-0.4, -0.2) is 86.7 Å². The number of carbonyl (C=O) groups excluding carboxylic acids is 3. The fraction of sp³-hybridized carbons (Fsp3) is 0.737. The van der Waals surface area contributed by atoms with Gasteiger partial charge in [-0.3, -0.25) is 19.2 Å². The summed E-state index contributed by atoms with van der Waals surface area (Å²) in [4.78, 5) is 61.2. The fourth-order valence-electron chi connectivity index (χ4n) is 3.37. The predicted molar refractivity (Wildman–Crippen MR) is 108 cm³/mol. The highest BCUT2D eigenvalue weighted by molar-refractivity contribution is 5.95. The van der Waals surface area contributed by atoms with Crippen LogP contribution in [0.3, 0.4) is 0 Å². The summed E-state index contributed by atoms with van der Waals surface area (Å²) in [6.45, 7) is 4.88. The third-order valence-electron chi connectivity index (χ3n) is 5.39. The average Bonchev–Trinajstić information content (AvgIpc) is 3.17. The molecule has 3 amide bonds. The van der Waals surface area contributed by atoms with Gasteiger partial charge in [-0.05, 0) is 25.7 Å². The first-order valence-corrected chi connectivity index (χ1v) is 10.2. The summed E-state index contributed by atoms with van der Waals surface area (Å²) >= 11 is 0. The molecule has 0 aromatic rings. The summed E-state index contributed by atoms with van der Waals surface area (Å²) < 4.78 is 0. The van der Waals surface area contributed by atoms with Crippen molar-refractivity contribution in [3.8, 4) is 0 Å². The van der Waals surface area contributed by atoms with Crippen LogP contribution in [0.2, 0.25) is 0 Å². The van der Waals surface area contributed by atoms with Crippen LogP contribution in [0.5, 0.6) is 0 Å². The molecule has 0 aliphatic carbocycles. The molecule has 31 heavy (non-hydrogen) atoms. The van der Waals surface area contributed by atoms with Crippen LogP contribution in [-0.2, 0) is 24.0 Å². The van der Waals surface area contributed by atoms with E-state index in [0.717, 1.165) is 0 Å². The first-order valence-electron chi connectivity index (χ1n) is 10.2. The zero-order chi connectivity index (χ0) is 23.9. The number of carboxylic acid groups (broad SMARTS) is 2. The number of aliphatic hydroxyl groups excluding tert-OH is 1. The highest BCUT2D eigenvalue weighted by Gasteiger charge is 2.39. The molecule has 1 fully saturated rings. The molecule has 0 radical (unpaired) electrons. The van der Waals surface area contributed by atoms with E-state index in [9.17, 15) is 34.2 Å². The number of carboxylic acids is 2. The standard InChI is InChI=1S/C19H32N4O8/c1-4-9(2)14(19(30)31)21-17(28)15(10(3)24)22-16(27)12-6-5-7-23(12)18(29)11(20)8-13(25)26/h9-12,14-15,24H,4-8,20H2,1-3H3,(H,21,28)(H,22,27)(H,25,26)(H,30,31)/t9-,10+,11-,12-,14-,15-/m0/s1. The Morgan fingerprint density at radius 3 is 2.19 bits per heavy atom. The fourth-order valence-corrected chi connectivity index (χ4v) is 3.37. The molecule has 176 valence electrons. The number of aliphatic carboxylic acids is 2. The minimum Gasteiger partial charge on any atom is -0.481 e. The van der Waals surface area contributed by atoms with Crippen molar-refractivity contribution in [3.05, 3.63) is 0 Å². The number of likely N-dealkylation sites (tertiary alicyclic amines) is 1. The molecular formula is C19H32N4O8. The maximum atomic E-state index is 12.8. The molecule has 1 saturated heterocycles. The number of rotatable bonds is 11. The van der Waals surface area contributed by atoms with Crippen LogP contribution >= 0.6 is 0 Å². The first kappa shape index (κ1) is 26.3. The number of nitrogens with two attached hydrogens (primary N) is 1. The number of aliphatic hydroxyl groups is 1. The second-order valence-corrected chi connectivity index (χ2v) is 7.83. The van der Waals surface area contributed by atoms with Gasteiger partial charge in [0.25, 0.3) is 0 Å². The van der Waals surface area contributed by atoms with Crippen molar-refractivity contribution < 1.29 is 39.3 Å². The lowest BCUT2D eigenvalue weighted by Crippen LogP contribution is -2.60. The van der Waals surface area contributed by atoms with Crippen molar-refractivity contribution in [1.82, 2.24) is 15.5 Å². The van der Waals surface area contributed by atoms with E-state index in [1.165, 1.54) is 11.8 Å². The van der Waals surface area contributed by atoms with Crippen LogP contribution in [0, 0.1) is 5.92 Å². The lowest BCUT2D eigenvalue weighted by molar-refractivity contribution is -0.145. The summed E-state index contributed by atoms with van der Waals surface area (Å²) in [5.74, 6) is -5.15. The average molecular weight is 444 g/mol. The molecule has 1 rings (SSSR count). The van der Waals surface area contributed by atoms with E-state index in [1.807, 2.05) is 0 Å². The van der Waals surface area contributed by atoms with Crippen LogP contribution in [0.25, 0.3) is 0 Å². The summed E-state index contributed by atoms with van der Waals surface area (Å²) in [5.41, 5.74) is 5.62. The zero-order valence-corrected chi connectivity index (χ0v) is 17.9. The van der Waals surface area contributed by atoms with Gasteiger partial charge in [0.2, 0.25) is 17.7 Å². The van der Waals surface area contributed by atoms with E-state index in [-0.39, 0.29) is 18.9 Å². The minimum atomic E-state index is -1.44. The number of nitrogens with one attached hydrogen (secondary N) is 2. The lowest BCUT2D eigenvalue weighted by Gasteiger charge is -2.29. The van der Waals surface area contributed by atoms with Gasteiger partial charge in [-0.2, -0.15) is 0 Å². The Morgan fingerprint density at radius 2 is 1.71 bits per heavy atom. The monoisotopic (exact) mass is 444 g/mol. The van der Waals surface area contributed by atoms with E-state index in [1.54, 1.807) is 13.8 Å². The highest BCUT2D eigenvalue weighted by Crippen LogP contribution is 2.19. The Morgan fingerprint density at radius 1 is 1.10 bits per heavy atom. The van der Waals surface area contributed by atoms with Crippen molar-refractivity contribution in [1.29, 1.82) is 0 Å². The van der Waals surface area contributed by atoms with Crippen molar-refractivity contribution in [2.45, 2.75) is 76.7 Å². The van der Waals surface area contributed by atoms with E-state index in [4.69, 9.17) is 10.8 Å². The summed E-state index contributed by atoms with van der Waals surface area (Å²) in [7, 11) is 0. The summed E-state index contributed by atoms with van der Waals surface area (Å²) in [6, 6.07) is -4.93. The van der Waals surface area contributed by atoms with Crippen LogP contribution in [0.1, 0.15) is 46.5 Å². The predicted octanol–water partition coefficient (Wildman–Crippen LogP) is -1.74. The van der Waals surface area contributed by atoms with Gasteiger partial charge in [0, 0.05) is 6.54 Å². The number of amides is 3. The molecule has 0 saturated carbocycles. The van der Waals surface area contributed by atoms with Gasteiger partial charge < -0.3 is 36.6 Å². The third kappa shape index (κ3) is 7.17. The quantitative estimate of drug-likeness (QED) is 0.214. The molecule has 0 aromatic carbocycles. The molecule has 0 aromatic heterocycles. The van der Waals surface area contributed by atoms with Gasteiger partial charge in [0.1, 0.15) is 18.1 Å². The van der Waals surface area contributed by atoms with Gasteiger partial charge in [-0.25, -0.2) is 4.79 Å². The van der Waals surface area contributed by atoms with Gasteiger partial charge in [0.05, 0.1) is 18.6 Å². The van der Waals surface area contributed by atoms with Gasteiger partial charge in [0.15, 0.2) is 0 Å². The zero-order valence-electron chi connectivity index (χ0n) is 17.9. The maximum Gasteiger partial charge on any atom is 0.326 e. The van der Waals surface area contributed by atoms with Crippen molar-refractivity contribution >= 4 is 29.7 Å².